The number of guanidine groups is 1. The summed E-state index contributed by atoms with van der Waals surface area (Å²) < 4.78 is 24.6. The maximum absolute atomic E-state index is 13.3. The van der Waals surface area contributed by atoms with Crippen molar-refractivity contribution in [1.29, 1.82) is 0 Å². The highest BCUT2D eigenvalue weighted by atomic mass is 19.1. The summed E-state index contributed by atoms with van der Waals surface area (Å²) in [7, 11) is 1.76. The minimum Gasteiger partial charge on any atom is -0.489 e. The highest BCUT2D eigenvalue weighted by molar-refractivity contribution is 5.79. The Balaban J connectivity index is 1.81. The van der Waals surface area contributed by atoms with E-state index in [0.29, 0.717) is 12.3 Å². The Kier molecular flexibility index (Phi) is 8.31. The Morgan fingerprint density at radius 3 is 2.70 bits per heavy atom. The Hall–Kier alpha value is -1.86. The molecule has 0 bridgehead atoms. The number of nitrogens with one attached hydrogen (secondary N) is 2. The lowest BCUT2D eigenvalue weighted by Gasteiger charge is -2.41. The van der Waals surface area contributed by atoms with Gasteiger partial charge in [-0.2, -0.15) is 0 Å². The molecule has 1 heterocycles. The molecule has 1 aromatic rings. The maximum atomic E-state index is 13.3. The van der Waals surface area contributed by atoms with Crippen LogP contribution in [-0.4, -0.2) is 68.9 Å². The van der Waals surface area contributed by atoms with Crippen LogP contribution in [0.25, 0.3) is 0 Å². The van der Waals surface area contributed by atoms with Gasteiger partial charge in [0.25, 0.3) is 0 Å². The van der Waals surface area contributed by atoms with E-state index in [9.17, 15) is 4.39 Å². The van der Waals surface area contributed by atoms with Crippen molar-refractivity contribution in [3.8, 4) is 5.75 Å². The van der Waals surface area contributed by atoms with Gasteiger partial charge in [-0.25, -0.2) is 4.39 Å². The average Bonchev–Trinajstić information content (AvgIpc) is 2.67. The number of halogens is 1. The van der Waals surface area contributed by atoms with E-state index < -0.39 is 0 Å². The summed E-state index contributed by atoms with van der Waals surface area (Å²) in [4.78, 5) is 6.73. The molecule has 0 spiro atoms. The largest absolute Gasteiger partial charge is 0.489 e. The van der Waals surface area contributed by atoms with Crippen LogP contribution in [0.15, 0.2) is 29.3 Å². The first-order chi connectivity index (χ1) is 12.9. The molecule has 1 aromatic carbocycles. The molecule has 0 aliphatic carbocycles. The Morgan fingerprint density at radius 1 is 1.33 bits per heavy atom. The Labute approximate surface area is 162 Å². The van der Waals surface area contributed by atoms with Gasteiger partial charge in [-0.05, 0) is 32.4 Å². The summed E-state index contributed by atoms with van der Waals surface area (Å²) in [6, 6.07) is 6.23. The van der Waals surface area contributed by atoms with E-state index in [2.05, 4.69) is 34.4 Å². The highest BCUT2D eigenvalue weighted by Gasteiger charge is 2.28. The fourth-order valence-electron chi connectivity index (χ4n) is 3.01. The quantitative estimate of drug-likeness (QED) is 0.535. The molecule has 6 nitrogen and oxygen atoms in total. The van der Waals surface area contributed by atoms with Gasteiger partial charge in [-0.1, -0.05) is 13.0 Å². The molecule has 1 fully saturated rings. The van der Waals surface area contributed by atoms with Gasteiger partial charge in [-0.15, -0.1) is 0 Å². The van der Waals surface area contributed by atoms with Gasteiger partial charge in [0.1, 0.15) is 17.7 Å². The molecular formula is C20H33FN4O2. The van der Waals surface area contributed by atoms with Gasteiger partial charge < -0.3 is 20.1 Å². The number of aliphatic imine (C=N–C) groups is 1. The predicted octanol–water partition coefficient (Wildman–Crippen LogP) is 2.26. The summed E-state index contributed by atoms with van der Waals surface area (Å²) in [5.74, 6) is 0.982. The van der Waals surface area contributed by atoms with Gasteiger partial charge in [0, 0.05) is 38.3 Å². The molecule has 1 unspecified atom stereocenters. The molecule has 2 rings (SSSR count). The number of morpholine rings is 1. The monoisotopic (exact) mass is 380 g/mol. The summed E-state index contributed by atoms with van der Waals surface area (Å²) in [6.07, 6.45) is 0.734. The van der Waals surface area contributed by atoms with Crippen LogP contribution in [-0.2, 0) is 4.74 Å². The van der Waals surface area contributed by atoms with Crippen LogP contribution in [0, 0.1) is 5.82 Å². The van der Waals surface area contributed by atoms with Crippen LogP contribution >= 0.6 is 0 Å². The molecule has 0 amide bonds. The smallest absolute Gasteiger partial charge is 0.191 e. The van der Waals surface area contributed by atoms with Crippen molar-refractivity contribution in [3.63, 3.8) is 0 Å². The third-order valence-corrected chi connectivity index (χ3v) is 4.83. The predicted molar refractivity (Wildman–Crippen MR) is 107 cm³/mol. The van der Waals surface area contributed by atoms with Crippen LogP contribution in [0.3, 0.4) is 0 Å². The molecule has 1 aliphatic rings. The zero-order valence-electron chi connectivity index (χ0n) is 16.9. The Bertz CT molecular complexity index is 603. The molecule has 0 radical (unpaired) electrons. The molecule has 1 aliphatic heterocycles. The molecule has 1 atom stereocenters. The van der Waals surface area contributed by atoms with Crippen LogP contribution in [0.4, 0.5) is 4.39 Å². The van der Waals surface area contributed by atoms with Gasteiger partial charge in [0.15, 0.2) is 5.96 Å². The average molecular weight is 381 g/mol. The van der Waals surface area contributed by atoms with Crippen LogP contribution in [0.5, 0.6) is 5.75 Å². The van der Waals surface area contributed by atoms with E-state index in [4.69, 9.17) is 9.47 Å². The third kappa shape index (κ3) is 6.99. The molecular weight excluding hydrogens is 347 g/mol. The van der Waals surface area contributed by atoms with Crippen molar-refractivity contribution in [2.75, 3.05) is 46.4 Å². The topological polar surface area (TPSA) is 58.1 Å². The van der Waals surface area contributed by atoms with E-state index in [1.165, 1.54) is 12.1 Å². The van der Waals surface area contributed by atoms with E-state index in [0.717, 1.165) is 45.2 Å². The number of rotatable bonds is 8. The molecule has 27 heavy (non-hydrogen) atoms. The molecule has 1 saturated heterocycles. The minimum absolute atomic E-state index is 0.00359. The molecule has 0 saturated carbocycles. The summed E-state index contributed by atoms with van der Waals surface area (Å²) in [6.45, 7) is 11.3. The number of hydrogen-bond donors (Lipinski definition) is 2. The maximum Gasteiger partial charge on any atom is 0.191 e. The first kappa shape index (κ1) is 21.4. The molecule has 152 valence electrons. The first-order valence-corrected chi connectivity index (χ1v) is 9.64. The SMILES string of the molecule is CCC(CNC(=NC)NCC(C)(C)N1CCOCC1)Oc1cccc(F)c1. The van der Waals surface area contributed by atoms with E-state index in [-0.39, 0.29) is 17.5 Å². The van der Waals surface area contributed by atoms with Crippen LogP contribution in [0.2, 0.25) is 0 Å². The second-order valence-corrected chi connectivity index (χ2v) is 7.32. The van der Waals surface area contributed by atoms with Crippen LogP contribution < -0.4 is 15.4 Å². The molecule has 0 aromatic heterocycles. The zero-order chi connectivity index (χ0) is 19.7. The lowest BCUT2D eigenvalue weighted by atomic mass is 10.0. The number of hydrogen-bond acceptors (Lipinski definition) is 4. The second-order valence-electron chi connectivity index (χ2n) is 7.32. The van der Waals surface area contributed by atoms with Gasteiger partial charge in [-0.3, -0.25) is 9.89 Å². The van der Waals surface area contributed by atoms with Crippen molar-refractivity contribution in [3.05, 3.63) is 30.1 Å². The third-order valence-electron chi connectivity index (χ3n) is 4.83. The zero-order valence-corrected chi connectivity index (χ0v) is 16.9. The summed E-state index contributed by atoms with van der Waals surface area (Å²) in [5.41, 5.74) is 0.00359. The lowest BCUT2D eigenvalue weighted by molar-refractivity contribution is -0.00834. The highest BCUT2D eigenvalue weighted by Crippen LogP contribution is 2.16. The van der Waals surface area contributed by atoms with Crippen molar-refractivity contribution in [2.45, 2.75) is 38.8 Å². The van der Waals surface area contributed by atoms with Crippen LogP contribution in [0.1, 0.15) is 27.2 Å². The van der Waals surface area contributed by atoms with Gasteiger partial charge >= 0.3 is 0 Å². The fourth-order valence-corrected chi connectivity index (χ4v) is 3.01. The first-order valence-electron chi connectivity index (χ1n) is 9.64. The lowest BCUT2D eigenvalue weighted by Crippen LogP contribution is -2.56. The van der Waals surface area contributed by atoms with Crippen molar-refractivity contribution in [2.24, 2.45) is 4.99 Å². The molecule has 2 N–H and O–H groups in total. The van der Waals surface area contributed by atoms with E-state index in [1.807, 2.05) is 6.92 Å². The minimum atomic E-state index is -0.293. The normalized spacial score (nSPS) is 17.4. The van der Waals surface area contributed by atoms with Crippen molar-refractivity contribution >= 4 is 5.96 Å². The van der Waals surface area contributed by atoms with E-state index >= 15 is 0 Å². The fraction of sp³-hybridized carbons (Fsp3) is 0.650. The van der Waals surface area contributed by atoms with Crippen molar-refractivity contribution in [1.82, 2.24) is 15.5 Å². The number of benzene rings is 1. The standard InChI is InChI=1S/C20H33FN4O2/c1-5-17(27-18-8-6-7-16(21)13-18)14-23-19(22-4)24-15-20(2,3)25-9-11-26-12-10-25/h6-8,13,17H,5,9-12,14-15H2,1-4H3,(H2,22,23,24). The van der Waals surface area contributed by atoms with E-state index in [1.54, 1.807) is 19.2 Å². The number of nitrogens with zero attached hydrogens (tertiary/aromatic N) is 2. The van der Waals surface area contributed by atoms with Gasteiger partial charge in [0.2, 0.25) is 0 Å². The summed E-state index contributed by atoms with van der Waals surface area (Å²) in [5, 5.41) is 6.71. The second kappa shape index (κ2) is 10.5. The van der Waals surface area contributed by atoms with Crippen molar-refractivity contribution < 1.29 is 13.9 Å². The molecule has 7 heteroatoms. The Morgan fingerprint density at radius 2 is 2.07 bits per heavy atom. The number of ether oxygens (including phenoxy) is 2. The van der Waals surface area contributed by atoms with Gasteiger partial charge in [0.05, 0.1) is 19.8 Å². The summed E-state index contributed by atoms with van der Waals surface area (Å²) >= 11 is 0.